The molecule has 0 aliphatic rings. The van der Waals surface area contributed by atoms with Crippen LogP contribution in [0.1, 0.15) is 26.3 Å². The Hall–Kier alpha value is -5.25. The van der Waals surface area contributed by atoms with Crippen LogP contribution in [0.5, 0.6) is 0 Å². The molecule has 1 aromatic heterocycles. The molecule has 0 fully saturated rings. The molecule has 0 aliphatic carbocycles. The molecule has 0 atom stereocenters. The van der Waals surface area contributed by atoms with Crippen molar-refractivity contribution in [3.63, 3.8) is 0 Å². The molecule has 7 nitrogen and oxygen atoms in total. The number of nitrogens with one attached hydrogen (secondary N) is 1. The molecule has 0 spiro atoms. The van der Waals surface area contributed by atoms with E-state index in [9.17, 15) is 27.9 Å². The van der Waals surface area contributed by atoms with Crippen molar-refractivity contribution in [3.8, 4) is 28.1 Å². The van der Waals surface area contributed by atoms with Gasteiger partial charge in [0, 0.05) is 16.8 Å². The Balaban J connectivity index is 1.41. The van der Waals surface area contributed by atoms with Gasteiger partial charge in [0.2, 0.25) is 0 Å². The summed E-state index contributed by atoms with van der Waals surface area (Å²) in [5.41, 5.74) is 2.75. The molecule has 0 bridgehead atoms. The quantitative estimate of drug-likeness (QED) is 0.260. The number of carboxylic acids is 1. The van der Waals surface area contributed by atoms with Crippen LogP contribution in [0.3, 0.4) is 0 Å². The summed E-state index contributed by atoms with van der Waals surface area (Å²) in [6.07, 6.45) is -2.94. The number of aromatic nitrogens is 3. The minimum absolute atomic E-state index is 0.00976. The van der Waals surface area contributed by atoms with Crippen LogP contribution in [0.25, 0.3) is 28.1 Å². The van der Waals surface area contributed by atoms with E-state index in [1.54, 1.807) is 54.6 Å². The van der Waals surface area contributed by atoms with Crippen LogP contribution in [0, 0.1) is 0 Å². The van der Waals surface area contributed by atoms with Gasteiger partial charge in [-0.25, -0.2) is 9.48 Å². The molecule has 4 aromatic carbocycles. The number of carbonyl (C=O) groups excluding carboxylic acids is 1. The molecule has 0 aliphatic heterocycles. The molecule has 0 saturated heterocycles. The minimum atomic E-state index is -4.45. The number of carbonyl (C=O) groups is 2. The lowest BCUT2D eigenvalue weighted by molar-refractivity contribution is -0.137. The smallest absolute Gasteiger partial charge is 0.416 e. The van der Waals surface area contributed by atoms with Gasteiger partial charge in [0.1, 0.15) is 5.69 Å². The molecule has 5 aromatic rings. The van der Waals surface area contributed by atoms with Crippen molar-refractivity contribution < 1.29 is 27.9 Å². The normalized spacial score (nSPS) is 11.3. The van der Waals surface area contributed by atoms with Gasteiger partial charge in [-0.15, -0.1) is 5.10 Å². The fraction of sp³-hybridized carbons (Fsp3) is 0.0345. The zero-order valence-electron chi connectivity index (χ0n) is 20.1. The molecule has 0 radical (unpaired) electrons. The second kappa shape index (κ2) is 10.3. The maximum atomic E-state index is 12.9. The number of hydrogen-bond donors (Lipinski definition) is 2. The first kappa shape index (κ1) is 25.4. The molecule has 0 unspecified atom stereocenters. The van der Waals surface area contributed by atoms with E-state index in [-0.39, 0.29) is 11.5 Å². The zero-order valence-corrected chi connectivity index (χ0v) is 20.1. The summed E-state index contributed by atoms with van der Waals surface area (Å²) in [4.78, 5) is 24.2. The standard InChI is InChI=1S/C29H19F3N4O3/c30-29(31,32)23-10-6-19(7-11-23)26-17-36(35-34-26)25-15-21(14-22(16-25)28(38)39)18-8-12-24(13-9-18)33-27(37)20-4-2-1-3-5-20/h1-17H,(H,33,37)(H,38,39). The number of aromatic carboxylic acids is 1. The second-order valence-corrected chi connectivity index (χ2v) is 8.59. The van der Waals surface area contributed by atoms with Crippen LogP contribution < -0.4 is 5.32 Å². The molecule has 0 saturated carbocycles. The molecule has 194 valence electrons. The van der Waals surface area contributed by atoms with Gasteiger partial charge in [-0.1, -0.05) is 47.7 Å². The van der Waals surface area contributed by atoms with Crippen molar-refractivity contribution in [1.29, 1.82) is 0 Å². The van der Waals surface area contributed by atoms with Gasteiger partial charge < -0.3 is 10.4 Å². The largest absolute Gasteiger partial charge is 0.478 e. The van der Waals surface area contributed by atoms with Crippen LogP contribution in [-0.4, -0.2) is 32.0 Å². The molecular weight excluding hydrogens is 509 g/mol. The monoisotopic (exact) mass is 528 g/mol. The Morgan fingerprint density at radius 2 is 1.44 bits per heavy atom. The predicted molar refractivity (Wildman–Crippen MR) is 139 cm³/mol. The number of nitrogens with zero attached hydrogens (tertiary/aromatic N) is 3. The SMILES string of the molecule is O=C(O)c1cc(-c2ccc(NC(=O)c3ccccc3)cc2)cc(-n2cc(-c3ccc(C(F)(F)F)cc3)nn2)c1. The highest BCUT2D eigenvalue weighted by atomic mass is 19.4. The lowest BCUT2D eigenvalue weighted by Crippen LogP contribution is -2.11. The summed E-state index contributed by atoms with van der Waals surface area (Å²) in [5.74, 6) is -1.40. The molecule has 2 N–H and O–H groups in total. The van der Waals surface area contributed by atoms with Gasteiger partial charge in [0.05, 0.1) is 23.0 Å². The summed E-state index contributed by atoms with van der Waals surface area (Å²) in [6, 6.07) is 24.9. The van der Waals surface area contributed by atoms with E-state index in [0.717, 1.165) is 12.1 Å². The maximum absolute atomic E-state index is 12.9. The highest BCUT2D eigenvalue weighted by molar-refractivity contribution is 6.04. The van der Waals surface area contributed by atoms with Gasteiger partial charge >= 0.3 is 12.1 Å². The van der Waals surface area contributed by atoms with Crippen LogP contribution >= 0.6 is 0 Å². The van der Waals surface area contributed by atoms with Crippen LogP contribution in [0.2, 0.25) is 0 Å². The third kappa shape index (κ3) is 5.69. The molecule has 1 amide bonds. The highest BCUT2D eigenvalue weighted by Gasteiger charge is 2.30. The zero-order chi connectivity index (χ0) is 27.6. The molecule has 1 heterocycles. The molecule has 10 heteroatoms. The van der Waals surface area contributed by atoms with Crippen molar-refractivity contribution >= 4 is 17.6 Å². The number of benzene rings is 4. The van der Waals surface area contributed by atoms with E-state index < -0.39 is 17.7 Å². The van der Waals surface area contributed by atoms with Crippen molar-refractivity contribution in [2.24, 2.45) is 0 Å². The fourth-order valence-electron chi connectivity index (χ4n) is 3.92. The van der Waals surface area contributed by atoms with Gasteiger partial charge in [-0.3, -0.25) is 4.79 Å². The summed E-state index contributed by atoms with van der Waals surface area (Å²) in [5, 5.41) is 20.6. The van der Waals surface area contributed by atoms with Crippen LogP contribution in [0.4, 0.5) is 18.9 Å². The number of carboxylic acid groups (broad SMARTS) is 1. The van der Waals surface area contributed by atoms with Gasteiger partial charge in [0.25, 0.3) is 5.91 Å². The Kier molecular flexibility index (Phi) is 6.68. The van der Waals surface area contributed by atoms with Gasteiger partial charge in [-0.05, 0) is 65.7 Å². The average Bonchev–Trinajstić information content (AvgIpc) is 3.44. The minimum Gasteiger partial charge on any atom is -0.478 e. The van der Waals surface area contributed by atoms with Gasteiger partial charge in [0.15, 0.2) is 0 Å². The molecule has 5 rings (SSSR count). The average molecular weight is 528 g/mol. The van der Waals surface area contributed by atoms with E-state index >= 15 is 0 Å². The first-order chi connectivity index (χ1) is 18.7. The van der Waals surface area contributed by atoms with E-state index in [1.807, 2.05) is 6.07 Å². The number of amides is 1. The van der Waals surface area contributed by atoms with Crippen molar-refractivity contribution in [3.05, 3.63) is 120 Å². The summed E-state index contributed by atoms with van der Waals surface area (Å²) < 4.78 is 40.0. The number of halogens is 3. The van der Waals surface area contributed by atoms with E-state index in [0.29, 0.717) is 39.3 Å². The highest BCUT2D eigenvalue weighted by Crippen LogP contribution is 2.31. The Bertz CT molecular complexity index is 1650. The topological polar surface area (TPSA) is 97.1 Å². The molecule has 39 heavy (non-hydrogen) atoms. The van der Waals surface area contributed by atoms with Crippen LogP contribution in [0.15, 0.2) is 103 Å². The lowest BCUT2D eigenvalue weighted by Gasteiger charge is -2.10. The van der Waals surface area contributed by atoms with Crippen molar-refractivity contribution in [2.45, 2.75) is 6.18 Å². The van der Waals surface area contributed by atoms with Crippen LogP contribution in [-0.2, 0) is 6.18 Å². The molecular formula is C29H19F3N4O3. The third-order valence-electron chi connectivity index (χ3n) is 5.94. The Morgan fingerprint density at radius 3 is 2.08 bits per heavy atom. The fourth-order valence-corrected chi connectivity index (χ4v) is 3.92. The number of alkyl halides is 3. The van der Waals surface area contributed by atoms with E-state index in [4.69, 9.17) is 0 Å². The third-order valence-corrected chi connectivity index (χ3v) is 5.94. The summed E-state index contributed by atoms with van der Waals surface area (Å²) in [6.45, 7) is 0. The number of anilines is 1. The second-order valence-electron chi connectivity index (χ2n) is 8.59. The summed E-state index contributed by atoms with van der Waals surface area (Å²) >= 11 is 0. The lowest BCUT2D eigenvalue weighted by atomic mass is 10.0. The maximum Gasteiger partial charge on any atom is 0.416 e. The van der Waals surface area contributed by atoms with Gasteiger partial charge in [-0.2, -0.15) is 13.2 Å². The van der Waals surface area contributed by atoms with E-state index in [1.165, 1.54) is 35.1 Å². The number of hydrogen-bond acceptors (Lipinski definition) is 4. The first-order valence-electron chi connectivity index (χ1n) is 11.6. The predicted octanol–water partition coefficient (Wildman–Crippen LogP) is 6.57. The van der Waals surface area contributed by atoms with Crippen molar-refractivity contribution in [2.75, 3.05) is 5.32 Å². The van der Waals surface area contributed by atoms with Crippen molar-refractivity contribution in [1.82, 2.24) is 15.0 Å². The summed E-state index contributed by atoms with van der Waals surface area (Å²) in [7, 11) is 0. The Morgan fingerprint density at radius 1 is 0.769 bits per heavy atom. The Labute approximate surface area is 220 Å². The van der Waals surface area contributed by atoms with E-state index in [2.05, 4.69) is 15.6 Å². The first-order valence-corrected chi connectivity index (χ1v) is 11.6. The number of rotatable bonds is 6.